The van der Waals surface area contributed by atoms with E-state index in [4.69, 9.17) is 5.11 Å². The molecule has 1 fully saturated rings. The van der Waals surface area contributed by atoms with Crippen LogP contribution in [0.5, 0.6) is 0 Å². The Kier molecular flexibility index (Phi) is 4.83. The lowest BCUT2D eigenvalue weighted by Gasteiger charge is -2.23. The Morgan fingerprint density at radius 2 is 2.47 bits per heavy atom. The molecule has 0 bridgehead atoms. The lowest BCUT2D eigenvalue weighted by Crippen LogP contribution is -2.37. The molecule has 1 aromatic heterocycles. The van der Waals surface area contributed by atoms with E-state index in [0.29, 0.717) is 17.2 Å². The number of aromatic nitrogens is 1. The minimum atomic E-state index is -0.197. The van der Waals surface area contributed by atoms with E-state index in [0.717, 1.165) is 17.9 Å². The highest BCUT2D eigenvalue weighted by Crippen LogP contribution is 2.22. The second-order valence-electron chi connectivity index (χ2n) is 4.36. The molecule has 0 spiro atoms. The fourth-order valence-corrected chi connectivity index (χ4v) is 3.23. The highest BCUT2D eigenvalue weighted by molar-refractivity contribution is 7.99. The lowest BCUT2D eigenvalue weighted by molar-refractivity contribution is 0.0747. The maximum Gasteiger partial charge on any atom is 0.255 e. The molecule has 0 aliphatic carbocycles. The van der Waals surface area contributed by atoms with Crippen molar-refractivity contribution in [2.45, 2.75) is 12.5 Å². The Morgan fingerprint density at radius 3 is 3.16 bits per heavy atom. The van der Waals surface area contributed by atoms with Crippen molar-refractivity contribution in [3.63, 3.8) is 0 Å². The number of rotatable bonds is 2. The van der Waals surface area contributed by atoms with Gasteiger partial charge in [0.25, 0.3) is 5.91 Å². The Morgan fingerprint density at radius 1 is 1.63 bits per heavy atom. The van der Waals surface area contributed by atoms with Crippen LogP contribution in [-0.2, 0) is 0 Å². The van der Waals surface area contributed by atoms with Crippen molar-refractivity contribution in [3.8, 4) is 11.8 Å². The zero-order valence-corrected chi connectivity index (χ0v) is 11.6. The molecule has 4 nitrogen and oxygen atoms in total. The largest absolute Gasteiger partial charge is 0.384 e. The molecule has 1 amide bonds. The number of pyridine rings is 1. The summed E-state index contributed by atoms with van der Waals surface area (Å²) in [6, 6.07) is 2.03. The van der Waals surface area contributed by atoms with Crippen molar-refractivity contribution in [1.82, 2.24) is 9.88 Å². The summed E-state index contributed by atoms with van der Waals surface area (Å²) in [5, 5.41) is 8.67. The number of amides is 1. The maximum absolute atomic E-state index is 12.3. The molecule has 1 aliphatic rings. The van der Waals surface area contributed by atoms with Gasteiger partial charge in [0.05, 0.1) is 5.56 Å². The lowest BCUT2D eigenvalue weighted by atomic mass is 10.1. The normalized spacial score (nSPS) is 17.7. The molecular weight excluding hydrogens is 260 g/mol. The summed E-state index contributed by atoms with van der Waals surface area (Å²) in [6.45, 7) is -0.197. The Balaban J connectivity index is 2.14. The second-order valence-corrected chi connectivity index (χ2v) is 5.51. The van der Waals surface area contributed by atoms with Crippen molar-refractivity contribution in [2.24, 2.45) is 0 Å². The van der Waals surface area contributed by atoms with E-state index in [1.54, 1.807) is 23.4 Å². The first-order chi connectivity index (χ1) is 9.22. The summed E-state index contributed by atoms with van der Waals surface area (Å²) in [5.41, 5.74) is 1.19. The third-order valence-corrected chi connectivity index (χ3v) is 4.22. The third-order valence-electron chi connectivity index (χ3n) is 3.07. The van der Waals surface area contributed by atoms with Gasteiger partial charge in [0.2, 0.25) is 0 Å². The summed E-state index contributed by atoms with van der Waals surface area (Å²) in [6.07, 6.45) is 4.19. The van der Waals surface area contributed by atoms with Crippen LogP contribution in [0.4, 0.5) is 0 Å². The van der Waals surface area contributed by atoms with Gasteiger partial charge in [0.1, 0.15) is 6.61 Å². The Labute approximate surface area is 117 Å². The van der Waals surface area contributed by atoms with Crippen molar-refractivity contribution in [1.29, 1.82) is 0 Å². The highest BCUT2D eigenvalue weighted by atomic mass is 32.2. The van der Waals surface area contributed by atoms with E-state index >= 15 is 0 Å². The molecule has 1 aliphatic heterocycles. The molecule has 1 aromatic rings. The van der Waals surface area contributed by atoms with Crippen LogP contribution in [0, 0.1) is 11.8 Å². The van der Waals surface area contributed by atoms with Gasteiger partial charge in [0, 0.05) is 36.8 Å². The standard InChI is InChI=1S/C14H16N2O2S/c1-16(13-4-6-19-10-13)14(18)12-7-11(3-2-5-17)8-15-9-12/h7-9,13,17H,4-6,10H2,1H3. The van der Waals surface area contributed by atoms with E-state index < -0.39 is 0 Å². The molecule has 0 radical (unpaired) electrons. The summed E-state index contributed by atoms with van der Waals surface area (Å²) in [7, 11) is 1.84. The number of hydrogen-bond acceptors (Lipinski definition) is 4. The van der Waals surface area contributed by atoms with Crippen molar-refractivity contribution in [3.05, 3.63) is 29.6 Å². The molecule has 1 saturated heterocycles. The molecule has 0 aromatic carbocycles. The van der Waals surface area contributed by atoms with Crippen molar-refractivity contribution < 1.29 is 9.90 Å². The number of nitrogens with zero attached hydrogens (tertiary/aromatic N) is 2. The first-order valence-corrected chi connectivity index (χ1v) is 7.27. The zero-order chi connectivity index (χ0) is 13.7. The Bertz CT molecular complexity index is 516. The van der Waals surface area contributed by atoms with Crippen LogP contribution < -0.4 is 0 Å². The molecule has 5 heteroatoms. The first-order valence-electron chi connectivity index (χ1n) is 6.12. The number of carbonyl (C=O) groups is 1. The van der Waals surface area contributed by atoms with E-state index in [9.17, 15) is 4.79 Å². The molecule has 2 rings (SSSR count). The van der Waals surface area contributed by atoms with Crippen LogP contribution in [-0.4, -0.2) is 52.1 Å². The van der Waals surface area contributed by atoms with E-state index in [1.807, 2.05) is 18.8 Å². The SMILES string of the molecule is CN(C(=O)c1cncc(C#CCO)c1)C1CCSC1. The molecule has 1 N–H and O–H groups in total. The van der Waals surface area contributed by atoms with E-state index in [-0.39, 0.29) is 12.5 Å². The number of aliphatic hydroxyl groups is 1. The van der Waals surface area contributed by atoms with Gasteiger partial charge in [-0.05, 0) is 18.2 Å². The third kappa shape index (κ3) is 3.49. The topological polar surface area (TPSA) is 53.4 Å². The van der Waals surface area contributed by atoms with Crippen LogP contribution in [0.25, 0.3) is 0 Å². The van der Waals surface area contributed by atoms with Gasteiger partial charge in [-0.3, -0.25) is 9.78 Å². The van der Waals surface area contributed by atoms with Crippen LogP contribution >= 0.6 is 11.8 Å². The quantitative estimate of drug-likeness (QED) is 0.819. The maximum atomic E-state index is 12.3. The molecule has 100 valence electrons. The minimum absolute atomic E-state index is 0.0207. The summed E-state index contributed by atoms with van der Waals surface area (Å²) in [5.74, 6) is 7.41. The molecule has 1 unspecified atom stereocenters. The number of aliphatic hydroxyl groups excluding tert-OH is 1. The van der Waals surface area contributed by atoms with Gasteiger partial charge in [-0.15, -0.1) is 0 Å². The van der Waals surface area contributed by atoms with Gasteiger partial charge in [-0.25, -0.2) is 0 Å². The number of thioether (sulfide) groups is 1. The fourth-order valence-electron chi connectivity index (χ4n) is 1.96. The first kappa shape index (κ1) is 13.9. The van der Waals surface area contributed by atoms with Crippen LogP contribution in [0.2, 0.25) is 0 Å². The van der Waals surface area contributed by atoms with Gasteiger partial charge >= 0.3 is 0 Å². The van der Waals surface area contributed by atoms with Crippen molar-refractivity contribution in [2.75, 3.05) is 25.2 Å². The molecule has 1 atom stereocenters. The molecule has 2 heterocycles. The molecule has 0 saturated carbocycles. The highest BCUT2D eigenvalue weighted by Gasteiger charge is 2.24. The summed E-state index contributed by atoms with van der Waals surface area (Å²) >= 11 is 1.88. The molecular formula is C14H16N2O2S. The average Bonchev–Trinajstić information content (AvgIpc) is 2.98. The molecule has 19 heavy (non-hydrogen) atoms. The van der Waals surface area contributed by atoms with Crippen LogP contribution in [0.3, 0.4) is 0 Å². The number of hydrogen-bond donors (Lipinski definition) is 1. The van der Waals surface area contributed by atoms with Gasteiger partial charge in [-0.2, -0.15) is 11.8 Å². The summed E-state index contributed by atoms with van der Waals surface area (Å²) < 4.78 is 0. The number of carbonyl (C=O) groups excluding carboxylic acids is 1. The minimum Gasteiger partial charge on any atom is -0.384 e. The van der Waals surface area contributed by atoms with Gasteiger partial charge in [-0.1, -0.05) is 11.8 Å². The smallest absolute Gasteiger partial charge is 0.255 e. The van der Waals surface area contributed by atoms with Crippen LogP contribution in [0.15, 0.2) is 18.5 Å². The predicted molar refractivity (Wildman–Crippen MR) is 76.0 cm³/mol. The second kappa shape index (κ2) is 6.60. The fraction of sp³-hybridized carbons (Fsp3) is 0.429. The van der Waals surface area contributed by atoms with E-state index in [2.05, 4.69) is 16.8 Å². The van der Waals surface area contributed by atoms with Gasteiger partial charge in [0.15, 0.2) is 0 Å². The predicted octanol–water partition coefficient (Wildman–Crippen LogP) is 1.00. The van der Waals surface area contributed by atoms with Crippen molar-refractivity contribution >= 4 is 17.7 Å². The zero-order valence-electron chi connectivity index (χ0n) is 10.8. The average molecular weight is 276 g/mol. The monoisotopic (exact) mass is 276 g/mol. The van der Waals surface area contributed by atoms with E-state index in [1.165, 1.54) is 0 Å². The van der Waals surface area contributed by atoms with Gasteiger partial charge < -0.3 is 10.0 Å². The van der Waals surface area contributed by atoms with Crippen LogP contribution in [0.1, 0.15) is 22.3 Å². The Hall–Kier alpha value is -1.51. The summed E-state index contributed by atoms with van der Waals surface area (Å²) in [4.78, 5) is 18.2.